The number of rotatable bonds is 4. The summed E-state index contributed by atoms with van der Waals surface area (Å²) >= 11 is 0. The van der Waals surface area contributed by atoms with Crippen LogP contribution in [0.3, 0.4) is 0 Å². The number of piperazine rings is 1. The third kappa shape index (κ3) is 4.57. The first-order valence-electron chi connectivity index (χ1n) is 7.42. The molecule has 0 radical (unpaired) electrons. The fourth-order valence-electron chi connectivity index (χ4n) is 2.96. The van der Waals surface area contributed by atoms with E-state index in [9.17, 15) is 0 Å². The average molecular weight is 240 g/mol. The summed E-state index contributed by atoms with van der Waals surface area (Å²) in [5.41, 5.74) is 0. The van der Waals surface area contributed by atoms with Crippen molar-refractivity contribution in [1.29, 1.82) is 0 Å². The van der Waals surface area contributed by atoms with Crippen LogP contribution in [-0.2, 0) is 4.74 Å². The Labute approximate surface area is 106 Å². The molecule has 1 atom stereocenters. The molecule has 100 valence electrons. The van der Waals surface area contributed by atoms with E-state index >= 15 is 0 Å². The Morgan fingerprint density at radius 2 is 1.94 bits per heavy atom. The molecule has 0 aromatic carbocycles. The quantitative estimate of drug-likeness (QED) is 0.761. The van der Waals surface area contributed by atoms with E-state index in [1.165, 1.54) is 45.1 Å². The van der Waals surface area contributed by atoms with Gasteiger partial charge in [0.15, 0.2) is 0 Å². The van der Waals surface area contributed by atoms with Crippen LogP contribution in [0.4, 0.5) is 0 Å². The van der Waals surface area contributed by atoms with Crippen LogP contribution in [0, 0.1) is 0 Å². The normalized spacial score (nSPS) is 29.1. The first kappa shape index (κ1) is 13.3. The van der Waals surface area contributed by atoms with Crippen molar-refractivity contribution in [2.75, 3.05) is 32.8 Å². The Kier molecular flexibility index (Phi) is 5.75. The van der Waals surface area contributed by atoms with E-state index in [4.69, 9.17) is 4.74 Å². The zero-order valence-corrected chi connectivity index (χ0v) is 11.3. The fourth-order valence-corrected chi connectivity index (χ4v) is 2.96. The monoisotopic (exact) mass is 240 g/mol. The van der Waals surface area contributed by atoms with Gasteiger partial charge in [0.1, 0.15) is 0 Å². The van der Waals surface area contributed by atoms with E-state index in [-0.39, 0.29) is 0 Å². The first-order chi connectivity index (χ1) is 8.36. The van der Waals surface area contributed by atoms with Gasteiger partial charge in [0.2, 0.25) is 0 Å². The average Bonchev–Trinajstić information content (AvgIpc) is 2.60. The highest BCUT2D eigenvalue weighted by Gasteiger charge is 2.18. The van der Waals surface area contributed by atoms with E-state index in [2.05, 4.69) is 17.1 Å². The molecule has 2 fully saturated rings. The third-order valence-electron chi connectivity index (χ3n) is 4.17. The summed E-state index contributed by atoms with van der Waals surface area (Å²) in [4.78, 5) is 2.55. The van der Waals surface area contributed by atoms with Crippen LogP contribution in [0.1, 0.15) is 45.4 Å². The van der Waals surface area contributed by atoms with Crippen LogP contribution in [-0.4, -0.2) is 49.8 Å². The van der Waals surface area contributed by atoms with E-state index < -0.39 is 0 Å². The molecular formula is C14H28N2O. The summed E-state index contributed by atoms with van der Waals surface area (Å²) < 4.78 is 6.05. The molecule has 1 saturated carbocycles. The highest BCUT2D eigenvalue weighted by atomic mass is 16.5. The van der Waals surface area contributed by atoms with E-state index in [0.717, 1.165) is 26.2 Å². The molecule has 3 nitrogen and oxygen atoms in total. The minimum atomic E-state index is 0.552. The molecule has 1 aliphatic carbocycles. The van der Waals surface area contributed by atoms with Gasteiger partial charge in [-0.1, -0.05) is 25.7 Å². The first-order valence-corrected chi connectivity index (χ1v) is 7.42. The lowest BCUT2D eigenvalue weighted by atomic mass is 10.1. The van der Waals surface area contributed by atoms with Gasteiger partial charge in [0.25, 0.3) is 0 Å². The lowest BCUT2D eigenvalue weighted by Gasteiger charge is -2.34. The van der Waals surface area contributed by atoms with E-state index in [0.29, 0.717) is 12.1 Å². The Morgan fingerprint density at radius 3 is 2.65 bits per heavy atom. The molecule has 17 heavy (non-hydrogen) atoms. The zero-order chi connectivity index (χ0) is 11.9. The molecule has 1 heterocycles. The smallest absolute Gasteiger partial charge is 0.0597 e. The maximum Gasteiger partial charge on any atom is 0.0597 e. The van der Waals surface area contributed by atoms with Gasteiger partial charge >= 0.3 is 0 Å². The van der Waals surface area contributed by atoms with Crippen molar-refractivity contribution >= 4 is 0 Å². The molecule has 3 heteroatoms. The van der Waals surface area contributed by atoms with Crippen LogP contribution in [0.15, 0.2) is 0 Å². The standard InChI is InChI=1S/C14H28N2O/c1-13-12-15-8-9-16(13)10-11-17-14-6-4-2-3-5-7-14/h13-15H,2-12H2,1H3/t13-/m1/s1. The maximum atomic E-state index is 6.05. The van der Waals surface area contributed by atoms with Gasteiger partial charge in [0.05, 0.1) is 12.7 Å². The van der Waals surface area contributed by atoms with Crippen molar-refractivity contribution in [1.82, 2.24) is 10.2 Å². The summed E-state index contributed by atoms with van der Waals surface area (Å²) in [6, 6.07) is 0.668. The summed E-state index contributed by atoms with van der Waals surface area (Å²) in [6.07, 6.45) is 8.69. The maximum absolute atomic E-state index is 6.05. The number of ether oxygens (including phenoxy) is 1. The van der Waals surface area contributed by atoms with Crippen LogP contribution < -0.4 is 5.32 Å². The van der Waals surface area contributed by atoms with Crippen molar-refractivity contribution in [2.45, 2.75) is 57.6 Å². The molecule has 1 aliphatic heterocycles. The van der Waals surface area contributed by atoms with Gasteiger partial charge in [-0.25, -0.2) is 0 Å². The van der Waals surface area contributed by atoms with Crippen molar-refractivity contribution < 1.29 is 4.74 Å². The fraction of sp³-hybridized carbons (Fsp3) is 1.00. The lowest BCUT2D eigenvalue weighted by molar-refractivity contribution is 0.0200. The minimum absolute atomic E-state index is 0.552. The molecule has 2 aliphatic rings. The molecule has 1 N–H and O–H groups in total. The van der Waals surface area contributed by atoms with Gasteiger partial charge < -0.3 is 10.1 Å². The Bertz CT molecular complexity index is 202. The van der Waals surface area contributed by atoms with Crippen molar-refractivity contribution in [3.05, 3.63) is 0 Å². The number of hydrogen-bond donors (Lipinski definition) is 1. The van der Waals surface area contributed by atoms with E-state index in [1.54, 1.807) is 0 Å². The van der Waals surface area contributed by atoms with Gasteiger partial charge in [-0.15, -0.1) is 0 Å². The zero-order valence-electron chi connectivity index (χ0n) is 11.3. The second kappa shape index (κ2) is 7.34. The predicted molar refractivity (Wildman–Crippen MR) is 71.3 cm³/mol. The second-order valence-electron chi connectivity index (χ2n) is 5.57. The van der Waals surface area contributed by atoms with Gasteiger partial charge in [-0.2, -0.15) is 0 Å². The van der Waals surface area contributed by atoms with E-state index in [1.807, 2.05) is 0 Å². The minimum Gasteiger partial charge on any atom is -0.377 e. The van der Waals surface area contributed by atoms with Crippen molar-refractivity contribution in [3.8, 4) is 0 Å². The molecule has 0 unspecified atom stereocenters. The lowest BCUT2D eigenvalue weighted by Crippen LogP contribution is -2.50. The Morgan fingerprint density at radius 1 is 1.18 bits per heavy atom. The van der Waals surface area contributed by atoms with Gasteiger partial charge in [-0.05, 0) is 19.8 Å². The predicted octanol–water partition coefficient (Wildman–Crippen LogP) is 2.02. The van der Waals surface area contributed by atoms with Gasteiger partial charge in [-0.3, -0.25) is 4.90 Å². The molecule has 0 bridgehead atoms. The molecular weight excluding hydrogens is 212 g/mol. The van der Waals surface area contributed by atoms with Crippen LogP contribution in [0.5, 0.6) is 0 Å². The summed E-state index contributed by atoms with van der Waals surface area (Å²) in [5.74, 6) is 0. The third-order valence-corrected chi connectivity index (χ3v) is 4.17. The molecule has 2 rings (SSSR count). The summed E-state index contributed by atoms with van der Waals surface area (Å²) in [5, 5.41) is 3.43. The van der Waals surface area contributed by atoms with Crippen molar-refractivity contribution in [2.24, 2.45) is 0 Å². The summed E-state index contributed by atoms with van der Waals surface area (Å²) in [6.45, 7) is 7.78. The molecule has 0 spiro atoms. The Balaban J connectivity index is 1.60. The van der Waals surface area contributed by atoms with Crippen LogP contribution in [0.25, 0.3) is 0 Å². The Hall–Kier alpha value is -0.120. The number of hydrogen-bond acceptors (Lipinski definition) is 3. The van der Waals surface area contributed by atoms with Gasteiger partial charge in [0, 0.05) is 32.2 Å². The molecule has 0 aromatic rings. The van der Waals surface area contributed by atoms with Crippen LogP contribution in [0.2, 0.25) is 0 Å². The SMILES string of the molecule is C[C@@H]1CNCCN1CCOC1CCCCCC1. The summed E-state index contributed by atoms with van der Waals surface area (Å²) in [7, 11) is 0. The topological polar surface area (TPSA) is 24.5 Å². The molecule has 1 saturated heterocycles. The second-order valence-corrected chi connectivity index (χ2v) is 5.57. The number of nitrogens with one attached hydrogen (secondary N) is 1. The van der Waals surface area contributed by atoms with Crippen molar-refractivity contribution in [3.63, 3.8) is 0 Å². The van der Waals surface area contributed by atoms with Crippen LogP contribution >= 0.6 is 0 Å². The largest absolute Gasteiger partial charge is 0.377 e. The molecule has 0 aromatic heterocycles. The highest BCUT2D eigenvalue weighted by Crippen LogP contribution is 2.19. The molecule has 0 amide bonds. The number of nitrogens with zero attached hydrogens (tertiary/aromatic N) is 1. The highest BCUT2D eigenvalue weighted by molar-refractivity contribution is 4.75.